The number of halogens is 1. The van der Waals surface area contributed by atoms with Gasteiger partial charge >= 0.3 is 0 Å². The fraction of sp³-hybridized carbons (Fsp3) is 0.533. The van der Waals surface area contributed by atoms with Crippen LogP contribution in [0.1, 0.15) is 37.7 Å². The molecule has 2 fully saturated rings. The topological polar surface area (TPSA) is 45.0 Å². The maximum atomic E-state index is 8.86. The van der Waals surface area contributed by atoms with E-state index in [0.29, 0.717) is 22.7 Å². The number of ether oxygens (including phenoxy) is 1. The summed E-state index contributed by atoms with van der Waals surface area (Å²) >= 11 is 6.03. The lowest BCUT2D eigenvalue weighted by Crippen LogP contribution is -2.51. The molecule has 1 aromatic rings. The van der Waals surface area contributed by atoms with Crippen molar-refractivity contribution in [1.82, 2.24) is 5.32 Å². The molecule has 2 saturated heterocycles. The molecule has 0 aromatic heterocycles. The molecule has 1 N–H and O–H groups in total. The van der Waals surface area contributed by atoms with Gasteiger partial charge in [-0.1, -0.05) is 18.0 Å². The molecule has 3 nitrogen and oxygen atoms in total. The van der Waals surface area contributed by atoms with Gasteiger partial charge in [-0.05, 0) is 37.8 Å². The Kier molecular flexibility index (Phi) is 3.63. The highest BCUT2D eigenvalue weighted by Crippen LogP contribution is 2.30. The van der Waals surface area contributed by atoms with E-state index in [1.807, 2.05) is 6.07 Å². The number of fused-ring (bicyclic) bond motifs is 2. The first kappa shape index (κ1) is 12.8. The van der Waals surface area contributed by atoms with Gasteiger partial charge in [-0.15, -0.1) is 0 Å². The number of hydrogen-bond donors (Lipinski definition) is 1. The zero-order valence-electron chi connectivity index (χ0n) is 10.7. The SMILES string of the molecule is N#Cc1ccc(OC2C[C@H]3CCC[C@@H](C2)N3)cc1Cl. The van der Waals surface area contributed by atoms with Crippen LogP contribution in [0.2, 0.25) is 5.02 Å². The van der Waals surface area contributed by atoms with Crippen LogP contribution in [0, 0.1) is 11.3 Å². The van der Waals surface area contributed by atoms with Gasteiger partial charge in [-0.25, -0.2) is 0 Å². The van der Waals surface area contributed by atoms with Gasteiger partial charge in [0.05, 0.1) is 10.6 Å². The number of hydrogen-bond acceptors (Lipinski definition) is 3. The molecule has 0 radical (unpaired) electrons. The Morgan fingerprint density at radius 1 is 1.26 bits per heavy atom. The van der Waals surface area contributed by atoms with Crippen LogP contribution in [0.25, 0.3) is 0 Å². The molecule has 1 aromatic carbocycles. The molecular formula is C15H17ClN2O. The van der Waals surface area contributed by atoms with Crippen molar-refractivity contribution in [3.8, 4) is 11.8 Å². The molecule has 0 aliphatic carbocycles. The smallest absolute Gasteiger partial charge is 0.121 e. The molecule has 19 heavy (non-hydrogen) atoms. The average Bonchev–Trinajstić information content (AvgIpc) is 2.38. The molecule has 2 aliphatic rings. The Bertz CT molecular complexity index is 499. The first-order valence-corrected chi connectivity index (χ1v) is 7.25. The molecule has 4 heteroatoms. The normalized spacial score (nSPS) is 29.6. The summed E-state index contributed by atoms with van der Waals surface area (Å²) in [6, 6.07) is 8.57. The van der Waals surface area contributed by atoms with E-state index >= 15 is 0 Å². The van der Waals surface area contributed by atoms with Crippen LogP contribution in [-0.4, -0.2) is 18.2 Å². The quantitative estimate of drug-likeness (QED) is 0.902. The fourth-order valence-corrected chi connectivity index (χ4v) is 3.37. The number of benzene rings is 1. The first-order valence-electron chi connectivity index (χ1n) is 6.87. The van der Waals surface area contributed by atoms with Crippen molar-refractivity contribution < 1.29 is 4.74 Å². The summed E-state index contributed by atoms with van der Waals surface area (Å²) in [5.74, 6) is 0.772. The summed E-state index contributed by atoms with van der Waals surface area (Å²) < 4.78 is 6.04. The summed E-state index contributed by atoms with van der Waals surface area (Å²) in [5, 5.41) is 13.0. The van der Waals surface area contributed by atoms with Crippen LogP contribution in [-0.2, 0) is 0 Å². The maximum Gasteiger partial charge on any atom is 0.121 e. The Balaban J connectivity index is 1.68. The molecule has 2 heterocycles. The molecule has 0 saturated carbocycles. The van der Waals surface area contributed by atoms with Crippen molar-refractivity contribution in [2.24, 2.45) is 0 Å². The van der Waals surface area contributed by atoms with Gasteiger partial charge < -0.3 is 10.1 Å². The monoisotopic (exact) mass is 276 g/mol. The minimum absolute atomic E-state index is 0.264. The van der Waals surface area contributed by atoms with Crippen LogP contribution >= 0.6 is 11.6 Å². The summed E-state index contributed by atoms with van der Waals surface area (Å²) in [6.45, 7) is 0. The number of piperidine rings is 2. The zero-order chi connectivity index (χ0) is 13.2. The Hall–Kier alpha value is -1.24. The highest BCUT2D eigenvalue weighted by molar-refractivity contribution is 6.31. The number of nitrogens with zero attached hydrogens (tertiary/aromatic N) is 1. The fourth-order valence-electron chi connectivity index (χ4n) is 3.16. The molecule has 100 valence electrons. The van der Waals surface area contributed by atoms with E-state index in [1.165, 1.54) is 19.3 Å². The average molecular weight is 277 g/mol. The summed E-state index contributed by atoms with van der Waals surface area (Å²) in [4.78, 5) is 0. The van der Waals surface area contributed by atoms with Crippen molar-refractivity contribution in [2.75, 3.05) is 0 Å². The van der Waals surface area contributed by atoms with E-state index in [9.17, 15) is 0 Å². The van der Waals surface area contributed by atoms with E-state index in [1.54, 1.807) is 12.1 Å². The van der Waals surface area contributed by atoms with Crippen molar-refractivity contribution >= 4 is 11.6 Å². The molecule has 0 spiro atoms. The third-order valence-corrected chi connectivity index (χ3v) is 4.35. The maximum absolute atomic E-state index is 8.86. The molecule has 0 amide bonds. The number of nitrogens with one attached hydrogen (secondary N) is 1. The molecular weight excluding hydrogens is 260 g/mol. The van der Waals surface area contributed by atoms with E-state index in [4.69, 9.17) is 21.6 Å². The second-order valence-corrected chi connectivity index (χ2v) is 5.86. The lowest BCUT2D eigenvalue weighted by molar-refractivity contribution is 0.0927. The molecule has 2 bridgehead atoms. The van der Waals surface area contributed by atoms with Gasteiger partial charge in [-0.3, -0.25) is 0 Å². The number of nitriles is 1. The Morgan fingerprint density at radius 3 is 2.63 bits per heavy atom. The Morgan fingerprint density at radius 2 is 2.00 bits per heavy atom. The second-order valence-electron chi connectivity index (χ2n) is 5.46. The lowest BCUT2D eigenvalue weighted by atomic mass is 9.85. The second kappa shape index (κ2) is 5.40. The van der Waals surface area contributed by atoms with Crippen LogP contribution in [0.3, 0.4) is 0 Å². The highest BCUT2D eigenvalue weighted by Gasteiger charge is 2.32. The van der Waals surface area contributed by atoms with Gasteiger partial charge in [-0.2, -0.15) is 5.26 Å². The largest absolute Gasteiger partial charge is 0.490 e. The predicted molar refractivity (Wildman–Crippen MR) is 74.4 cm³/mol. The lowest BCUT2D eigenvalue weighted by Gasteiger charge is -2.40. The van der Waals surface area contributed by atoms with Crippen LogP contribution in [0.5, 0.6) is 5.75 Å². The van der Waals surface area contributed by atoms with Gasteiger partial charge in [0.2, 0.25) is 0 Å². The van der Waals surface area contributed by atoms with E-state index in [0.717, 1.165) is 18.6 Å². The standard InChI is InChI=1S/C15H17ClN2O/c16-15-8-13(5-4-10(15)9-17)19-14-6-11-2-1-3-12(7-14)18-11/h4-5,8,11-12,14,18H,1-3,6-7H2/t11-,12+,14?. The van der Waals surface area contributed by atoms with Gasteiger partial charge in [0.15, 0.2) is 0 Å². The zero-order valence-corrected chi connectivity index (χ0v) is 11.5. The minimum atomic E-state index is 0.264. The third kappa shape index (κ3) is 2.86. The summed E-state index contributed by atoms with van der Waals surface area (Å²) in [7, 11) is 0. The summed E-state index contributed by atoms with van der Waals surface area (Å²) in [6.07, 6.45) is 6.23. The van der Waals surface area contributed by atoms with Crippen LogP contribution in [0.15, 0.2) is 18.2 Å². The first-order chi connectivity index (χ1) is 9.24. The molecule has 3 atom stereocenters. The van der Waals surface area contributed by atoms with Crippen molar-refractivity contribution in [2.45, 2.75) is 50.3 Å². The van der Waals surface area contributed by atoms with Gasteiger partial charge in [0, 0.05) is 18.2 Å². The third-order valence-electron chi connectivity index (χ3n) is 4.04. The van der Waals surface area contributed by atoms with Crippen molar-refractivity contribution in [3.63, 3.8) is 0 Å². The summed E-state index contributed by atoms with van der Waals surface area (Å²) in [5.41, 5.74) is 0.496. The molecule has 1 unspecified atom stereocenters. The van der Waals surface area contributed by atoms with Crippen LogP contribution in [0.4, 0.5) is 0 Å². The van der Waals surface area contributed by atoms with E-state index in [2.05, 4.69) is 11.4 Å². The van der Waals surface area contributed by atoms with Crippen molar-refractivity contribution in [1.29, 1.82) is 5.26 Å². The van der Waals surface area contributed by atoms with Crippen LogP contribution < -0.4 is 10.1 Å². The van der Waals surface area contributed by atoms with E-state index < -0.39 is 0 Å². The predicted octanol–water partition coefficient (Wildman–Crippen LogP) is 3.26. The van der Waals surface area contributed by atoms with Gasteiger partial charge in [0.1, 0.15) is 17.9 Å². The van der Waals surface area contributed by atoms with Gasteiger partial charge in [0.25, 0.3) is 0 Å². The minimum Gasteiger partial charge on any atom is -0.490 e. The Labute approximate surface area is 118 Å². The molecule has 3 rings (SSSR count). The highest BCUT2D eigenvalue weighted by atomic mass is 35.5. The number of rotatable bonds is 2. The van der Waals surface area contributed by atoms with Crippen molar-refractivity contribution in [3.05, 3.63) is 28.8 Å². The van der Waals surface area contributed by atoms with E-state index in [-0.39, 0.29) is 6.10 Å². The molecule has 2 aliphatic heterocycles.